The van der Waals surface area contributed by atoms with Gasteiger partial charge in [0.2, 0.25) is 48.8 Å². The van der Waals surface area contributed by atoms with Crippen molar-refractivity contribution in [3.8, 4) is 5.75 Å². The standard InChI is InChI=1S/C21H24N2O4.C21H24N2O3.C13H16N2O3.C13H18N2O.C11H13NO4.C5H10O.C4H7NO4.CH4O/c1-3-19-20(23(25)26)18(13-15-7-5-4-6-8-15)21(24)22(19)14-16-9-11-17(27-2)12-10-16;1-2-18-19(23-21(25)26-14-16-11-7-4-8-12-16)17(20(24)22-18)13-15-9-5-3-6-10-15;1-2-11-12(15(17)18)10(13(16)14-11)8-9-6-4-3-5-7-9;1-2-11-12(14)10(13(16)15-11)8-9-6-4-3-5-7-9;1-16-11(13)10(8-12(14)15)7-9-5-3-2-4-6-9;1-5-3-2-4-6-5;1-9-4(6)2-3-5(7)8;1-2/h4-12,18-20H,3,13-14H2,1-2H3;3-12,17-19H,2,13-14H2,1H3,(H,22,24)(H,23,25);3-7,10-12H,2,8H2,1H3,(H,14,16);3-7,10-12H,2,8,14H2,1H3,(H,15,16);2-6,10H,7-8H2,1H3;5H,2-4H2,1H3;2-3H2,1H3;2H,1H3/t18-,19?,20-;17-,18+,19-;2*10-,11?,12-;;;;/m0000..../s1. The molecule has 120 heavy (non-hydrogen) atoms. The van der Waals surface area contributed by atoms with Crippen LogP contribution in [0.25, 0.3) is 0 Å². The molecule has 5 fully saturated rings. The molecule has 0 saturated carbocycles. The highest BCUT2D eigenvalue weighted by Crippen LogP contribution is 2.34. The molecule has 5 amide bonds. The van der Waals surface area contributed by atoms with E-state index in [0.29, 0.717) is 51.2 Å². The highest BCUT2D eigenvalue weighted by atomic mass is 16.6. The highest BCUT2D eigenvalue weighted by molar-refractivity contribution is 5.85. The summed E-state index contributed by atoms with van der Waals surface area (Å²) in [5.41, 5.74) is 13.0. The fourth-order valence-corrected chi connectivity index (χ4v) is 14.6. The van der Waals surface area contributed by atoms with Crippen LogP contribution in [0.3, 0.4) is 0 Å². The summed E-state index contributed by atoms with van der Waals surface area (Å²) >= 11 is 0. The van der Waals surface area contributed by atoms with Crippen molar-refractivity contribution in [2.24, 2.45) is 35.3 Å². The van der Waals surface area contributed by atoms with Gasteiger partial charge in [0.05, 0.1) is 57.4 Å². The molecule has 0 radical (unpaired) electrons. The molecule has 7 N–H and O–H groups in total. The summed E-state index contributed by atoms with van der Waals surface area (Å²) in [5.74, 6) is -2.90. The average Bonchev–Trinajstić information content (AvgIpc) is 1.63. The first-order valence-electron chi connectivity index (χ1n) is 40.2. The van der Waals surface area contributed by atoms with Crippen molar-refractivity contribution < 1.29 is 82.0 Å². The average molecular weight is 1660 g/mol. The number of carbonyl (C=O) groups is 7. The predicted octanol–water partition coefficient (Wildman–Crippen LogP) is 10.8. The van der Waals surface area contributed by atoms with Crippen LogP contribution in [0.1, 0.15) is 119 Å². The molecule has 5 saturated heterocycles. The van der Waals surface area contributed by atoms with Crippen molar-refractivity contribution in [1.29, 1.82) is 0 Å². The number of rotatable bonds is 28. The lowest BCUT2D eigenvalue weighted by molar-refractivity contribution is -0.531. The van der Waals surface area contributed by atoms with Crippen molar-refractivity contribution in [2.45, 2.75) is 179 Å². The van der Waals surface area contributed by atoms with Crippen molar-refractivity contribution >= 4 is 41.7 Å². The number of amides is 5. The van der Waals surface area contributed by atoms with Crippen LogP contribution in [-0.4, -0.2) is 174 Å². The monoisotopic (exact) mass is 1660 g/mol. The summed E-state index contributed by atoms with van der Waals surface area (Å²) in [4.78, 5) is 126. The summed E-state index contributed by atoms with van der Waals surface area (Å²) < 4.78 is 24.3. The number of hydrogen-bond acceptors (Lipinski definition) is 22. The van der Waals surface area contributed by atoms with Crippen LogP contribution in [0.2, 0.25) is 0 Å². The number of methoxy groups -OCH3 is 3. The van der Waals surface area contributed by atoms with Crippen molar-refractivity contribution in [3.05, 3.63) is 286 Å². The summed E-state index contributed by atoms with van der Waals surface area (Å²) in [6.45, 7) is 10.7. The molecule has 5 unspecified atom stereocenters. The molecule has 5 heterocycles. The van der Waals surface area contributed by atoms with Gasteiger partial charge in [-0.2, -0.15) is 0 Å². The number of nitrogens with zero attached hydrogens (tertiary/aromatic N) is 5. The van der Waals surface area contributed by atoms with Gasteiger partial charge in [-0.3, -0.25) is 69.2 Å². The molecule has 7 aromatic carbocycles. The van der Waals surface area contributed by atoms with Gasteiger partial charge in [-0.1, -0.05) is 222 Å². The first-order valence-corrected chi connectivity index (χ1v) is 40.2. The fourth-order valence-electron chi connectivity index (χ4n) is 14.6. The van der Waals surface area contributed by atoms with Gasteiger partial charge in [0.15, 0.2) is 0 Å². The van der Waals surface area contributed by atoms with Gasteiger partial charge in [-0.05, 0) is 129 Å². The Hall–Kier alpha value is -12.1. The summed E-state index contributed by atoms with van der Waals surface area (Å²) in [7, 11) is 5.03. The van der Waals surface area contributed by atoms with Gasteiger partial charge in [-0.15, -0.1) is 0 Å². The number of likely N-dealkylation sites (tertiary alicyclic amines) is 1. The third-order valence-electron chi connectivity index (χ3n) is 21.0. The van der Waals surface area contributed by atoms with E-state index in [0.717, 1.165) is 72.1 Å². The smallest absolute Gasteiger partial charge is 0.407 e. The minimum absolute atomic E-state index is 0.0194. The molecule has 12 rings (SSSR count). The van der Waals surface area contributed by atoms with E-state index in [1.807, 2.05) is 227 Å². The molecular weight excluding hydrogens is 1550 g/mol. The Bertz CT molecular complexity index is 4260. The van der Waals surface area contributed by atoms with E-state index >= 15 is 0 Å². The lowest BCUT2D eigenvalue weighted by Crippen LogP contribution is -2.46. The van der Waals surface area contributed by atoms with Crippen LogP contribution in [0.15, 0.2) is 206 Å². The minimum atomic E-state index is -0.888. The quantitative estimate of drug-likeness (QED) is 0.0115. The molecule has 648 valence electrons. The zero-order valence-electron chi connectivity index (χ0n) is 69.7. The summed E-state index contributed by atoms with van der Waals surface area (Å²) in [5, 5.41) is 61.6. The van der Waals surface area contributed by atoms with Crippen molar-refractivity contribution in [1.82, 2.24) is 26.2 Å². The number of ether oxygens (including phenoxy) is 5. The molecule has 14 atom stereocenters. The van der Waals surface area contributed by atoms with E-state index in [9.17, 15) is 74.0 Å². The Morgan fingerprint density at radius 2 is 0.967 bits per heavy atom. The number of aliphatic hydroxyl groups excluding tert-OH is 1. The maximum absolute atomic E-state index is 13.1. The SMILES string of the molecule is CC1CCCO1.CCC1NC(=O)[C@@H](Cc2ccccc2)[C@@H]1N.CCC1NC(=O)[C@@H](Cc2ccccc2)[C@@H]1[N+](=O)[O-].CCC1[C@@H]([N+](=O)[O-])[C@H](Cc2ccccc2)C(=O)N1Cc1ccc(OC)cc1.CC[C@H]1NC(=O)[C@@H](Cc2ccccc2)[C@@H]1NC(=O)OCc1ccccc1.CO.COC(=O)C(Cc1ccccc1)C[N+](=O)[O-].COC(=O)CC[N+](=O)[O-]. The first-order chi connectivity index (χ1) is 57.8. The molecule has 0 spiro atoms. The number of nitrogens with two attached hydrogens (primary N) is 1. The Balaban J connectivity index is 0.000000258. The molecule has 0 aromatic heterocycles. The maximum Gasteiger partial charge on any atom is 0.407 e. The maximum atomic E-state index is 13.1. The van der Waals surface area contributed by atoms with Crippen LogP contribution in [0, 0.1) is 70.0 Å². The summed E-state index contributed by atoms with van der Waals surface area (Å²) in [6.07, 6.45) is 7.70. The summed E-state index contributed by atoms with van der Waals surface area (Å²) in [6, 6.07) is 62.3. The van der Waals surface area contributed by atoms with Crippen molar-refractivity contribution in [3.63, 3.8) is 0 Å². The first kappa shape index (κ1) is 98.5. The molecule has 0 aliphatic carbocycles. The molecule has 5 aliphatic rings. The van der Waals surface area contributed by atoms with Gasteiger partial charge < -0.3 is 60.7 Å². The number of aliphatic hydroxyl groups is 1. The number of alkyl carbamates (subject to hydrolysis) is 1. The van der Waals surface area contributed by atoms with E-state index < -0.39 is 70.3 Å². The van der Waals surface area contributed by atoms with Gasteiger partial charge in [0.1, 0.15) is 36.5 Å². The second kappa shape index (κ2) is 53.4. The van der Waals surface area contributed by atoms with Crippen LogP contribution in [-0.2, 0) is 93.0 Å². The van der Waals surface area contributed by atoms with E-state index in [2.05, 4.69) is 44.6 Å². The van der Waals surface area contributed by atoms with Crippen LogP contribution >= 0.6 is 0 Å². The van der Waals surface area contributed by atoms with Crippen molar-refractivity contribution in [2.75, 3.05) is 48.1 Å². The number of carbonyl (C=O) groups excluding carboxylic acids is 7. The van der Waals surface area contributed by atoms with E-state index in [-0.39, 0.29) is 95.1 Å². The zero-order valence-corrected chi connectivity index (χ0v) is 69.7. The largest absolute Gasteiger partial charge is 0.497 e. The third kappa shape index (κ3) is 32.7. The minimum Gasteiger partial charge on any atom is -0.497 e. The van der Waals surface area contributed by atoms with Gasteiger partial charge in [-0.25, -0.2) is 4.79 Å². The molecule has 0 bridgehead atoms. The van der Waals surface area contributed by atoms with E-state index in [1.54, 1.807) is 12.0 Å². The van der Waals surface area contributed by atoms with Crippen LogP contribution < -0.4 is 31.7 Å². The highest BCUT2D eigenvalue weighted by Gasteiger charge is 2.54. The Morgan fingerprint density at radius 3 is 1.37 bits per heavy atom. The second-order valence-electron chi connectivity index (χ2n) is 29.0. The molecule has 5 aliphatic heterocycles. The number of nitrogens with one attached hydrogen (secondary N) is 4. The Morgan fingerprint density at radius 1 is 0.533 bits per heavy atom. The third-order valence-corrected chi connectivity index (χ3v) is 21.0. The lowest BCUT2D eigenvalue weighted by Gasteiger charge is -2.24. The van der Waals surface area contributed by atoms with Crippen LogP contribution in [0.4, 0.5) is 4.79 Å². The topological polar surface area (TPSA) is 436 Å². The molecule has 7 aromatic rings. The van der Waals surface area contributed by atoms with Gasteiger partial charge >= 0.3 is 18.0 Å². The van der Waals surface area contributed by atoms with E-state index in [4.69, 9.17) is 25.1 Å². The Kier molecular flexibility index (Phi) is 43.8. The number of esters is 2. The fraction of sp³-hybridized carbons (Fsp3) is 0.449. The molecular formula is C89H116N10O21. The number of nitro groups is 4. The van der Waals surface area contributed by atoms with Gasteiger partial charge in [0, 0.05) is 58.1 Å². The number of hydrogen-bond donors (Lipinski definition) is 6. The normalized spacial score (nSPS) is 21.6. The lowest BCUT2D eigenvalue weighted by atomic mass is 9.90. The zero-order chi connectivity index (χ0) is 88.1. The van der Waals surface area contributed by atoms with E-state index in [1.165, 1.54) is 32.6 Å². The Labute approximate surface area is 700 Å². The number of benzene rings is 7. The van der Waals surface area contributed by atoms with Crippen LogP contribution in [0.5, 0.6) is 5.75 Å². The molecule has 31 heteroatoms. The second-order valence-corrected chi connectivity index (χ2v) is 29.0. The predicted molar refractivity (Wildman–Crippen MR) is 451 cm³/mol. The van der Waals surface area contributed by atoms with Gasteiger partial charge in [0.25, 0.3) is 0 Å². The molecule has 31 nitrogen and oxygen atoms in total.